The molecule has 2 aromatic carbocycles. The van der Waals surface area contributed by atoms with Crippen LogP contribution in [0.15, 0.2) is 54.6 Å². The van der Waals surface area contributed by atoms with Gasteiger partial charge in [-0.2, -0.15) is 0 Å². The molecule has 0 aliphatic carbocycles. The first kappa shape index (κ1) is 18.5. The number of carbonyl (C=O) groups is 2. The third-order valence-electron chi connectivity index (χ3n) is 3.41. The molecule has 5 nitrogen and oxygen atoms in total. The zero-order valence-corrected chi connectivity index (χ0v) is 14.9. The number of para-hydroxylation sites is 2. The lowest BCUT2D eigenvalue weighted by Gasteiger charge is -2.29. The zero-order chi connectivity index (χ0) is 18.5. The fourth-order valence-electron chi connectivity index (χ4n) is 2.28. The Labute approximate surface area is 148 Å². The number of hydrogen-bond donors (Lipinski definition) is 1. The molecule has 0 saturated carbocycles. The van der Waals surface area contributed by atoms with Crippen molar-refractivity contribution in [2.24, 2.45) is 0 Å². The van der Waals surface area contributed by atoms with Gasteiger partial charge in [0.15, 0.2) is 0 Å². The molecule has 0 saturated heterocycles. The van der Waals surface area contributed by atoms with Crippen LogP contribution in [0, 0.1) is 0 Å². The molecule has 2 rings (SSSR count). The molecule has 25 heavy (non-hydrogen) atoms. The van der Waals surface area contributed by atoms with Gasteiger partial charge in [-0.05, 0) is 45.9 Å². The van der Waals surface area contributed by atoms with Crippen molar-refractivity contribution in [3.63, 3.8) is 0 Å². The number of carbonyl (C=O) groups excluding carboxylic acids is 2. The Bertz CT molecular complexity index is 737. The van der Waals surface area contributed by atoms with Crippen LogP contribution < -0.4 is 10.1 Å². The summed E-state index contributed by atoms with van der Waals surface area (Å²) in [7, 11) is 0. The molecule has 0 aliphatic rings. The highest BCUT2D eigenvalue weighted by Gasteiger charge is 2.33. The van der Waals surface area contributed by atoms with Gasteiger partial charge in [0, 0.05) is 5.56 Å². The molecule has 0 aliphatic heterocycles. The molecule has 0 bridgehead atoms. The van der Waals surface area contributed by atoms with Crippen LogP contribution >= 0.6 is 0 Å². The van der Waals surface area contributed by atoms with E-state index in [1.54, 1.807) is 52.0 Å². The SMILES string of the molecule is CC(C)(C)OC(=O)NC(C)(C=O)c1ccccc1Oc1ccccc1. The molecule has 0 fully saturated rings. The van der Waals surface area contributed by atoms with Gasteiger partial charge in [0.2, 0.25) is 0 Å². The molecule has 2 aromatic rings. The number of hydrogen-bond acceptors (Lipinski definition) is 4. The fraction of sp³-hybridized carbons (Fsp3) is 0.300. The van der Waals surface area contributed by atoms with Crippen molar-refractivity contribution in [1.29, 1.82) is 0 Å². The van der Waals surface area contributed by atoms with Gasteiger partial charge in [0.25, 0.3) is 0 Å². The first-order chi connectivity index (χ1) is 11.7. The van der Waals surface area contributed by atoms with Gasteiger partial charge in [-0.3, -0.25) is 0 Å². The normalized spacial score (nSPS) is 13.4. The molecule has 1 unspecified atom stereocenters. The lowest BCUT2D eigenvalue weighted by atomic mass is 9.93. The summed E-state index contributed by atoms with van der Waals surface area (Å²) in [4.78, 5) is 24.0. The predicted molar refractivity (Wildman–Crippen MR) is 95.7 cm³/mol. The Kier molecular flexibility index (Phi) is 5.47. The van der Waals surface area contributed by atoms with Crippen molar-refractivity contribution < 1.29 is 19.1 Å². The number of alkyl carbamates (subject to hydrolysis) is 1. The molecule has 132 valence electrons. The van der Waals surface area contributed by atoms with E-state index in [1.807, 2.05) is 30.3 Å². The van der Waals surface area contributed by atoms with E-state index in [2.05, 4.69) is 5.32 Å². The summed E-state index contributed by atoms with van der Waals surface area (Å²) in [6, 6.07) is 16.3. The van der Waals surface area contributed by atoms with Gasteiger partial charge in [-0.15, -0.1) is 0 Å². The van der Waals surface area contributed by atoms with Crippen LogP contribution in [0.1, 0.15) is 33.3 Å². The average Bonchev–Trinajstić information content (AvgIpc) is 2.54. The summed E-state index contributed by atoms with van der Waals surface area (Å²) in [6.07, 6.45) is 0.000939. The highest BCUT2D eigenvalue weighted by Crippen LogP contribution is 2.32. The Balaban J connectivity index is 2.30. The van der Waals surface area contributed by atoms with E-state index in [-0.39, 0.29) is 0 Å². The van der Waals surface area contributed by atoms with Crippen LogP contribution in [0.3, 0.4) is 0 Å². The number of aldehydes is 1. The zero-order valence-electron chi connectivity index (χ0n) is 14.9. The van der Waals surface area contributed by atoms with E-state index in [4.69, 9.17) is 9.47 Å². The standard InChI is InChI=1S/C20H23NO4/c1-19(2,3)25-18(23)21-20(4,14-22)16-12-8-9-13-17(16)24-15-10-6-5-7-11-15/h5-14H,1-4H3,(H,21,23). The molecule has 5 heteroatoms. The fourth-order valence-corrected chi connectivity index (χ4v) is 2.28. The second-order valence-corrected chi connectivity index (χ2v) is 6.86. The van der Waals surface area contributed by atoms with Crippen molar-refractivity contribution in [2.75, 3.05) is 0 Å². The van der Waals surface area contributed by atoms with E-state index >= 15 is 0 Å². The van der Waals surface area contributed by atoms with Gasteiger partial charge in [-0.25, -0.2) is 4.79 Å². The Hall–Kier alpha value is -2.82. The van der Waals surface area contributed by atoms with Crippen LogP contribution in [-0.2, 0) is 15.1 Å². The van der Waals surface area contributed by atoms with Crippen molar-refractivity contribution in [3.05, 3.63) is 60.2 Å². The largest absolute Gasteiger partial charge is 0.457 e. The third kappa shape index (κ3) is 5.08. The average molecular weight is 341 g/mol. The van der Waals surface area contributed by atoms with Gasteiger partial charge in [0.05, 0.1) is 0 Å². The molecule has 1 N–H and O–H groups in total. The van der Waals surface area contributed by atoms with E-state index < -0.39 is 17.2 Å². The van der Waals surface area contributed by atoms with Crippen molar-refractivity contribution in [2.45, 2.75) is 38.8 Å². The first-order valence-corrected chi connectivity index (χ1v) is 8.03. The van der Waals surface area contributed by atoms with E-state index in [1.165, 1.54) is 0 Å². The molecule has 1 amide bonds. The number of nitrogens with one attached hydrogen (secondary N) is 1. The minimum atomic E-state index is -1.28. The predicted octanol–water partition coefficient (Wildman–Crippen LogP) is 4.42. The van der Waals surface area contributed by atoms with Crippen LogP contribution in [0.25, 0.3) is 0 Å². The third-order valence-corrected chi connectivity index (χ3v) is 3.41. The molecular weight excluding hydrogens is 318 g/mol. The van der Waals surface area contributed by atoms with Gasteiger partial charge >= 0.3 is 6.09 Å². The highest BCUT2D eigenvalue weighted by atomic mass is 16.6. The van der Waals surface area contributed by atoms with Crippen LogP contribution in [0.5, 0.6) is 11.5 Å². The molecule has 0 aromatic heterocycles. The molecule has 0 radical (unpaired) electrons. The molecule has 0 heterocycles. The van der Waals surface area contributed by atoms with E-state index in [0.717, 1.165) is 0 Å². The number of ether oxygens (including phenoxy) is 2. The summed E-state index contributed by atoms with van der Waals surface area (Å²) >= 11 is 0. The van der Waals surface area contributed by atoms with E-state index in [0.29, 0.717) is 23.3 Å². The molecule has 0 spiro atoms. The van der Waals surface area contributed by atoms with Crippen LogP contribution in [0.2, 0.25) is 0 Å². The quantitative estimate of drug-likeness (QED) is 0.818. The van der Waals surface area contributed by atoms with Gasteiger partial charge in [-0.1, -0.05) is 36.4 Å². The van der Waals surface area contributed by atoms with Gasteiger partial charge < -0.3 is 19.6 Å². The number of amides is 1. The maximum Gasteiger partial charge on any atom is 0.408 e. The first-order valence-electron chi connectivity index (χ1n) is 8.03. The molecule has 1 atom stereocenters. The maximum absolute atomic E-state index is 12.1. The minimum absolute atomic E-state index is 0.486. The smallest absolute Gasteiger partial charge is 0.408 e. The lowest BCUT2D eigenvalue weighted by Crippen LogP contribution is -2.47. The Morgan fingerprint density at radius 2 is 1.56 bits per heavy atom. The van der Waals surface area contributed by atoms with Crippen LogP contribution in [0.4, 0.5) is 4.79 Å². The summed E-state index contributed by atoms with van der Waals surface area (Å²) in [5.74, 6) is 1.12. The number of benzene rings is 2. The Morgan fingerprint density at radius 3 is 2.16 bits per heavy atom. The summed E-state index contributed by atoms with van der Waals surface area (Å²) < 4.78 is 11.2. The summed E-state index contributed by atoms with van der Waals surface area (Å²) in [5, 5.41) is 2.63. The highest BCUT2D eigenvalue weighted by molar-refractivity contribution is 5.79. The second-order valence-electron chi connectivity index (χ2n) is 6.86. The lowest BCUT2D eigenvalue weighted by molar-refractivity contribution is -0.113. The summed E-state index contributed by atoms with van der Waals surface area (Å²) in [6.45, 7) is 6.89. The maximum atomic E-state index is 12.1. The summed E-state index contributed by atoms with van der Waals surface area (Å²) in [5.41, 5.74) is -1.40. The van der Waals surface area contributed by atoms with E-state index in [9.17, 15) is 9.59 Å². The molecular formula is C20H23NO4. The van der Waals surface area contributed by atoms with Crippen LogP contribution in [-0.4, -0.2) is 18.0 Å². The van der Waals surface area contributed by atoms with Crippen molar-refractivity contribution >= 4 is 12.4 Å². The Morgan fingerprint density at radius 1 is 0.960 bits per heavy atom. The minimum Gasteiger partial charge on any atom is -0.457 e. The second kappa shape index (κ2) is 7.38. The number of rotatable bonds is 5. The topological polar surface area (TPSA) is 64.6 Å². The monoisotopic (exact) mass is 341 g/mol. The van der Waals surface area contributed by atoms with Gasteiger partial charge in [0.1, 0.15) is 28.9 Å². The van der Waals surface area contributed by atoms with Crippen molar-refractivity contribution in [3.8, 4) is 11.5 Å². The van der Waals surface area contributed by atoms with Crippen molar-refractivity contribution in [1.82, 2.24) is 5.32 Å².